The van der Waals surface area contributed by atoms with E-state index < -0.39 is 11.7 Å². The highest BCUT2D eigenvalue weighted by atomic mass is 19.4. The molecular weight excluding hydrogens is 648 g/mol. The van der Waals surface area contributed by atoms with Gasteiger partial charge in [-0.2, -0.15) is 13.2 Å². The topological polar surface area (TPSA) is 26.0 Å². The van der Waals surface area contributed by atoms with Gasteiger partial charge in [-0.15, -0.1) is 0 Å². The molecule has 0 aliphatic carbocycles. The van der Waals surface area contributed by atoms with Crippen molar-refractivity contribution in [1.29, 1.82) is 0 Å². The third-order valence-corrected chi connectivity index (χ3v) is 10.3. The second-order valence-electron chi connectivity index (χ2n) is 13.5. The first-order valence-corrected chi connectivity index (χ1v) is 17.3. The third-order valence-electron chi connectivity index (χ3n) is 10.3. The number of nitrogen functional groups attached to an aromatic ring is 1. The number of hydrogen-bond acceptors (Lipinski definition) is 1. The fourth-order valence-corrected chi connectivity index (χ4v) is 7.66. The lowest BCUT2D eigenvalue weighted by atomic mass is 9.81. The molecule has 2 N–H and O–H groups in total. The van der Waals surface area contributed by atoms with Crippen LogP contribution in [0.15, 0.2) is 164 Å². The number of alkyl halides is 3. The summed E-state index contributed by atoms with van der Waals surface area (Å²) in [6.45, 7) is 2.09. The van der Waals surface area contributed by atoms with Gasteiger partial charge >= 0.3 is 6.18 Å². The zero-order valence-electron chi connectivity index (χ0n) is 28.3. The van der Waals surface area contributed by atoms with Gasteiger partial charge in [-0.05, 0) is 131 Å². The molecule has 0 heterocycles. The summed E-state index contributed by atoms with van der Waals surface area (Å²) in [4.78, 5) is 0. The molecule has 0 aliphatic rings. The molecule has 9 aromatic carbocycles. The van der Waals surface area contributed by atoms with Gasteiger partial charge in [0.05, 0.1) is 5.56 Å². The van der Waals surface area contributed by atoms with Crippen molar-refractivity contribution >= 4 is 38.0 Å². The van der Waals surface area contributed by atoms with Crippen LogP contribution in [-0.4, -0.2) is 0 Å². The van der Waals surface area contributed by atoms with E-state index in [-0.39, 0.29) is 0 Å². The third kappa shape index (κ3) is 5.35. The van der Waals surface area contributed by atoms with E-state index >= 15 is 0 Å². The molecule has 1 nitrogen and oxygen atoms in total. The van der Waals surface area contributed by atoms with Gasteiger partial charge in [0.2, 0.25) is 0 Å². The van der Waals surface area contributed by atoms with Gasteiger partial charge in [-0.25, -0.2) is 0 Å². The summed E-state index contributed by atoms with van der Waals surface area (Å²) in [7, 11) is 0. The molecule has 0 fully saturated rings. The number of halogens is 3. The Bertz CT molecular complexity index is 2660. The average molecular weight is 680 g/mol. The molecule has 0 aromatic heterocycles. The van der Waals surface area contributed by atoms with Gasteiger partial charge in [-0.3, -0.25) is 0 Å². The number of hydrogen-bond donors (Lipinski definition) is 1. The van der Waals surface area contributed by atoms with Crippen LogP contribution in [0.2, 0.25) is 0 Å². The molecule has 52 heavy (non-hydrogen) atoms. The van der Waals surface area contributed by atoms with Crippen molar-refractivity contribution in [2.75, 3.05) is 5.73 Å². The number of benzene rings is 9. The Morgan fingerprint density at radius 2 is 0.731 bits per heavy atom. The van der Waals surface area contributed by atoms with Crippen molar-refractivity contribution in [1.82, 2.24) is 0 Å². The van der Waals surface area contributed by atoms with E-state index in [1.807, 2.05) is 30.3 Å². The lowest BCUT2D eigenvalue weighted by Crippen LogP contribution is -2.04. The number of rotatable bonds is 5. The van der Waals surface area contributed by atoms with Crippen LogP contribution in [-0.2, 0) is 6.18 Å². The Morgan fingerprint density at radius 1 is 0.385 bits per heavy atom. The zero-order chi connectivity index (χ0) is 35.6. The summed E-state index contributed by atoms with van der Waals surface area (Å²) >= 11 is 0. The molecule has 250 valence electrons. The van der Waals surface area contributed by atoms with Crippen LogP contribution in [0.25, 0.3) is 88.0 Å². The average Bonchev–Trinajstić information content (AvgIpc) is 3.17. The predicted molar refractivity (Wildman–Crippen MR) is 211 cm³/mol. The van der Waals surface area contributed by atoms with Crippen molar-refractivity contribution in [3.8, 4) is 55.6 Å². The fourth-order valence-electron chi connectivity index (χ4n) is 7.66. The monoisotopic (exact) mass is 679 g/mol. The summed E-state index contributed by atoms with van der Waals surface area (Å²) in [5.74, 6) is 0. The first-order chi connectivity index (χ1) is 25.2. The van der Waals surface area contributed by atoms with E-state index in [1.54, 1.807) is 12.1 Å². The zero-order valence-corrected chi connectivity index (χ0v) is 28.3. The van der Waals surface area contributed by atoms with E-state index in [2.05, 4.69) is 116 Å². The lowest BCUT2D eigenvalue weighted by molar-refractivity contribution is -0.137. The first kappa shape index (κ1) is 31.6. The minimum absolute atomic E-state index is 0.665. The summed E-state index contributed by atoms with van der Waals surface area (Å²) < 4.78 is 41.0. The summed E-state index contributed by atoms with van der Waals surface area (Å²) in [5, 5.41) is 6.49. The standard InChI is InChI=1S/C48H32F3N/c1-29-7-9-32(10-8-29)42-27-45(35-17-21-37(52)22-18-35)41-26-25-40-44(34-15-19-36(20-16-34)48(49,50)51)28-43(39-24-23-38(42)46(41)47(39)40)33-13-11-31(12-14-33)30-5-3-2-4-6-30/h2-28H,52H2,1H3. The van der Waals surface area contributed by atoms with Crippen LogP contribution in [0.1, 0.15) is 11.1 Å². The first-order valence-electron chi connectivity index (χ1n) is 17.3. The number of aryl methyl sites for hydroxylation is 1. The van der Waals surface area contributed by atoms with Crippen molar-refractivity contribution < 1.29 is 13.2 Å². The SMILES string of the molecule is Cc1ccc(-c2cc(-c3ccc(N)cc3)c3ccc4c(-c5ccc(C(F)(F)F)cc5)cc(-c5ccc(-c6ccccc6)cc5)c5ccc2c3c54)cc1. The molecule has 0 spiro atoms. The van der Waals surface area contributed by atoms with Crippen LogP contribution in [0.4, 0.5) is 18.9 Å². The highest BCUT2D eigenvalue weighted by Crippen LogP contribution is 2.49. The van der Waals surface area contributed by atoms with E-state index in [4.69, 9.17) is 5.73 Å². The molecule has 9 rings (SSSR count). The molecule has 0 saturated carbocycles. The van der Waals surface area contributed by atoms with Gasteiger partial charge in [0.15, 0.2) is 0 Å². The fraction of sp³-hybridized carbons (Fsp3) is 0.0417. The highest BCUT2D eigenvalue weighted by molar-refractivity contribution is 6.32. The predicted octanol–water partition coefficient (Wildman–Crippen LogP) is 13.8. The van der Waals surface area contributed by atoms with E-state index in [1.165, 1.54) is 17.7 Å². The van der Waals surface area contributed by atoms with Crippen molar-refractivity contribution in [3.05, 3.63) is 175 Å². The molecule has 0 saturated heterocycles. The van der Waals surface area contributed by atoms with E-state index in [0.29, 0.717) is 5.69 Å². The van der Waals surface area contributed by atoms with Gasteiger partial charge < -0.3 is 5.73 Å². The van der Waals surface area contributed by atoms with Gasteiger partial charge in [0.25, 0.3) is 0 Å². The molecule has 0 atom stereocenters. The smallest absolute Gasteiger partial charge is 0.399 e. The van der Waals surface area contributed by atoms with Crippen LogP contribution < -0.4 is 5.73 Å². The Morgan fingerprint density at radius 3 is 1.15 bits per heavy atom. The molecule has 0 aliphatic heterocycles. The van der Waals surface area contributed by atoms with Crippen molar-refractivity contribution in [2.45, 2.75) is 13.1 Å². The molecule has 4 heteroatoms. The highest BCUT2D eigenvalue weighted by Gasteiger charge is 2.30. The molecule has 0 unspecified atom stereocenters. The summed E-state index contributed by atoms with van der Waals surface area (Å²) in [6, 6.07) is 54.1. The van der Waals surface area contributed by atoms with Gasteiger partial charge in [-0.1, -0.05) is 133 Å². The molecule has 0 radical (unpaired) electrons. The quantitative estimate of drug-likeness (QED) is 0.142. The second-order valence-corrected chi connectivity index (χ2v) is 13.5. The van der Waals surface area contributed by atoms with Crippen molar-refractivity contribution in [2.24, 2.45) is 0 Å². The van der Waals surface area contributed by atoms with Gasteiger partial charge in [0, 0.05) is 5.69 Å². The maximum absolute atomic E-state index is 13.7. The maximum Gasteiger partial charge on any atom is 0.416 e. The molecule has 9 aromatic rings. The Labute approximate surface area is 299 Å². The van der Waals surface area contributed by atoms with Crippen LogP contribution in [0.5, 0.6) is 0 Å². The van der Waals surface area contributed by atoms with E-state index in [0.717, 1.165) is 88.0 Å². The molecule has 0 bridgehead atoms. The van der Waals surface area contributed by atoms with E-state index in [9.17, 15) is 13.2 Å². The van der Waals surface area contributed by atoms with Gasteiger partial charge in [0.1, 0.15) is 0 Å². The second kappa shape index (κ2) is 12.1. The summed E-state index contributed by atoms with van der Waals surface area (Å²) in [6.07, 6.45) is -4.42. The normalized spacial score (nSPS) is 11.9. The van der Waals surface area contributed by atoms with Crippen LogP contribution in [0, 0.1) is 6.92 Å². The molecular formula is C48H32F3N. The summed E-state index contributed by atoms with van der Waals surface area (Å²) in [5.41, 5.74) is 17.6. The number of anilines is 1. The molecule has 0 amide bonds. The van der Waals surface area contributed by atoms with Crippen molar-refractivity contribution in [3.63, 3.8) is 0 Å². The Balaban J connectivity index is 1.38. The Hall–Kier alpha value is -6.39. The van der Waals surface area contributed by atoms with Crippen LogP contribution in [0.3, 0.4) is 0 Å². The maximum atomic E-state index is 13.7. The Kier molecular flexibility index (Phi) is 7.37. The largest absolute Gasteiger partial charge is 0.416 e. The van der Waals surface area contributed by atoms with Crippen LogP contribution >= 0.6 is 0 Å². The number of nitrogens with two attached hydrogens (primary N) is 1. The minimum atomic E-state index is -4.42. The lowest BCUT2D eigenvalue weighted by Gasteiger charge is -2.22. The minimum Gasteiger partial charge on any atom is -0.399 e.